The standard InChI is InChI=1S/C11H18N2.CH4O4S/c1-4-6-10(3)13-9-8-12-11(13)7-5-2;1-5-6(2,3)4/h4-5,10H,1-2,6-9H2,3H3;1H3,(H,2,3,4). The van der Waals surface area contributed by atoms with Crippen LogP contribution in [0.5, 0.6) is 0 Å². The van der Waals surface area contributed by atoms with E-state index in [1.54, 1.807) is 0 Å². The van der Waals surface area contributed by atoms with E-state index < -0.39 is 10.4 Å². The van der Waals surface area contributed by atoms with Crippen LogP contribution in [0.15, 0.2) is 25.3 Å². The summed E-state index contributed by atoms with van der Waals surface area (Å²) in [5.74, 6) is 1.31. The molecule has 1 rings (SSSR count). The summed E-state index contributed by atoms with van der Waals surface area (Å²) in [4.78, 5) is 0. The minimum absolute atomic E-state index is 0.558. The Labute approximate surface area is 115 Å². The van der Waals surface area contributed by atoms with Gasteiger partial charge in [-0.25, -0.2) is 8.42 Å². The molecule has 7 heteroatoms. The molecule has 19 heavy (non-hydrogen) atoms. The van der Waals surface area contributed by atoms with Crippen LogP contribution in [0.1, 0.15) is 19.8 Å². The minimum atomic E-state index is -4.41. The van der Waals surface area contributed by atoms with Gasteiger partial charge in [-0.1, -0.05) is 12.2 Å². The van der Waals surface area contributed by atoms with Crippen molar-refractivity contribution in [2.45, 2.75) is 25.8 Å². The fourth-order valence-corrected chi connectivity index (χ4v) is 1.74. The first-order valence-corrected chi connectivity index (χ1v) is 7.28. The van der Waals surface area contributed by atoms with E-state index in [2.05, 4.69) is 34.2 Å². The molecule has 0 aromatic carbocycles. The highest BCUT2D eigenvalue weighted by Gasteiger charge is 2.22. The van der Waals surface area contributed by atoms with Gasteiger partial charge in [0.2, 0.25) is 16.2 Å². The maximum absolute atomic E-state index is 9.22. The number of nitrogens with zero attached hydrogens (tertiary/aromatic N) is 1. The van der Waals surface area contributed by atoms with Crippen molar-refractivity contribution < 1.29 is 21.7 Å². The Morgan fingerprint density at radius 2 is 2.11 bits per heavy atom. The monoisotopic (exact) mass is 290 g/mol. The fourth-order valence-electron chi connectivity index (χ4n) is 1.74. The summed E-state index contributed by atoms with van der Waals surface area (Å²) >= 11 is 0. The lowest BCUT2D eigenvalue weighted by Crippen LogP contribution is -2.28. The highest BCUT2D eigenvalue weighted by Crippen LogP contribution is 2.03. The Morgan fingerprint density at radius 1 is 1.53 bits per heavy atom. The quantitative estimate of drug-likeness (QED) is 0.336. The first kappa shape index (κ1) is 17.8. The van der Waals surface area contributed by atoms with E-state index in [4.69, 9.17) is 0 Å². The molecule has 0 aromatic heterocycles. The van der Waals surface area contributed by atoms with Gasteiger partial charge in [0.15, 0.2) is 0 Å². The van der Waals surface area contributed by atoms with Gasteiger partial charge in [0.1, 0.15) is 13.1 Å². The summed E-state index contributed by atoms with van der Waals surface area (Å²) < 4.78 is 33.4. The number of nitrogens with one attached hydrogen (secondary N) is 1. The third-order valence-electron chi connectivity index (χ3n) is 2.61. The lowest BCUT2D eigenvalue weighted by Gasteiger charge is -2.10. The zero-order chi connectivity index (χ0) is 14.9. The molecule has 0 saturated heterocycles. The van der Waals surface area contributed by atoms with Crippen LogP contribution in [0, 0.1) is 0 Å². The lowest BCUT2D eigenvalue weighted by molar-refractivity contribution is -0.553. The Balaban J connectivity index is 0.000000459. The average molecular weight is 290 g/mol. The zero-order valence-electron chi connectivity index (χ0n) is 11.5. The maximum atomic E-state index is 9.22. The van der Waals surface area contributed by atoms with Crippen molar-refractivity contribution in [2.75, 3.05) is 20.2 Å². The fraction of sp³-hybridized carbons (Fsp3) is 0.583. The number of amidine groups is 1. The van der Waals surface area contributed by atoms with Crippen molar-refractivity contribution in [3.05, 3.63) is 25.3 Å². The van der Waals surface area contributed by atoms with E-state index in [1.165, 1.54) is 5.84 Å². The van der Waals surface area contributed by atoms with Gasteiger partial charge in [0.05, 0.1) is 19.6 Å². The molecule has 1 aliphatic heterocycles. The molecule has 0 bridgehead atoms. The van der Waals surface area contributed by atoms with E-state index in [0.717, 1.165) is 33.0 Å². The summed E-state index contributed by atoms with van der Waals surface area (Å²) in [5, 5.41) is 3.38. The lowest BCUT2D eigenvalue weighted by atomic mass is 10.2. The number of hydrogen-bond donors (Lipinski definition) is 1. The van der Waals surface area contributed by atoms with E-state index in [-0.39, 0.29) is 0 Å². The molecule has 0 aliphatic carbocycles. The van der Waals surface area contributed by atoms with Crippen LogP contribution in [0.3, 0.4) is 0 Å². The van der Waals surface area contributed by atoms with Gasteiger partial charge in [-0.05, 0) is 6.92 Å². The van der Waals surface area contributed by atoms with Crippen LogP contribution >= 0.6 is 0 Å². The number of rotatable bonds is 6. The van der Waals surface area contributed by atoms with Gasteiger partial charge >= 0.3 is 0 Å². The van der Waals surface area contributed by atoms with Crippen molar-refractivity contribution in [3.63, 3.8) is 0 Å². The third kappa shape index (κ3) is 7.76. The van der Waals surface area contributed by atoms with Crippen molar-refractivity contribution >= 4 is 16.2 Å². The Kier molecular flexibility index (Phi) is 8.29. The first-order chi connectivity index (χ1) is 8.85. The molecule has 1 atom stereocenters. The maximum Gasteiger partial charge on any atom is 0.249 e. The minimum Gasteiger partial charge on any atom is -0.726 e. The van der Waals surface area contributed by atoms with Gasteiger partial charge < -0.3 is 4.55 Å². The molecule has 0 amide bonds. The predicted molar refractivity (Wildman–Crippen MR) is 73.9 cm³/mol. The Morgan fingerprint density at radius 3 is 2.53 bits per heavy atom. The van der Waals surface area contributed by atoms with Gasteiger partial charge in [-0.2, -0.15) is 0 Å². The van der Waals surface area contributed by atoms with E-state index in [9.17, 15) is 13.0 Å². The predicted octanol–water partition coefficient (Wildman–Crippen LogP) is 0.634. The normalized spacial score (nSPS) is 16.2. The van der Waals surface area contributed by atoms with Crippen LogP contribution < -0.4 is 5.32 Å². The van der Waals surface area contributed by atoms with Gasteiger partial charge in [0.25, 0.3) is 0 Å². The summed E-state index contributed by atoms with van der Waals surface area (Å²) in [6.07, 6.45) is 5.92. The molecule has 0 spiro atoms. The second-order valence-corrected chi connectivity index (χ2v) is 5.16. The van der Waals surface area contributed by atoms with Crippen LogP contribution in [0.2, 0.25) is 0 Å². The SMILES string of the molecule is C=CCC1=[N+](C(C)CC=C)CCN1.COS(=O)(=O)[O-]. The molecule has 0 radical (unpaired) electrons. The van der Waals surface area contributed by atoms with Crippen molar-refractivity contribution in [2.24, 2.45) is 0 Å². The van der Waals surface area contributed by atoms with Crippen LogP contribution in [0.4, 0.5) is 0 Å². The van der Waals surface area contributed by atoms with E-state index in [1.807, 2.05) is 12.2 Å². The summed E-state index contributed by atoms with van der Waals surface area (Å²) in [5.41, 5.74) is 0. The highest BCUT2D eigenvalue weighted by molar-refractivity contribution is 7.80. The molecule has 1 unspecified atom stereocenters. The topological polar surface area (TPSA) is 81.5 Å². The zero-order valence-corrected chi connectivity index (χ0v) is 12.3. The summed E-state index contributed by atoms with van der Waals surface area (Å²) in [6, 6.07) is 0.558. The van der Waals surface area contributed by atoms with Gasteiger partial charge in [0, 0.05) is 6.42 Å². The van der Waals surface area contributed by atoms with Crippen LogP contribution in [0.25, 0.3) is 0 Å². The van der Waals surface area contributed by atoms with Crippen molar-refractivity contribution in [3.8, 4) is 0 Å². The molecule has 1 N–H and O–H groups in total. The molecule has 6 nitrogen and oxygen atoms in total. The van der Waals surface area contributed by atoms with Crippen molar-refractivity contribution in [1.29, 1.82) is 0 Å². The number of hydrogen-bond acceptors (Lipinski definition) is 5. The molecular weight excluding hydrogens is 268 g/mol. The summed E-state index contributed by atoms with van der Waals surface area (Å²) in [6.45, 7) is 11.9. The van der Waals surface area contributed by atoms with Crippen LogP contribution in [-0.2, 0) is 14.6 Å². The molecule has 0 saturated carbocycles. The smallest absolute Gasteiger partial charge is 0.249 e. The van der Waals surface area contributed by atoms with Crippen molar-refractivity contribution in [1.82, 2.24) is 5.32 Å². The van der Waals surface area contributed by atoms with Gasteiger partial charge in [-0.3, -0.25) is 14.1 Å². The first-order valence-electron chi connectivity index (χ1n) is 5.95. The molecule has 1 aliphatic rings. The van der Waals surface area contributed by atoms with E-state index >= 15 is 0 Å². The molecule has 1 heterocycles. The molecular formula is C12H22N2O4S. The highest BCUT2D eigenvalue weighted by atomic mass is 32.3. The summed E-state index contributed by atoms with van der Waals surface area (Å²) in [7, 11) is -3.60. The largest absolute Gasteiger partial charge is 0.726 e. The molecule has 0 fully saturated rings. The van der Waals surface area contributed by atoms with E-state index in [0.29, 0.717) is 6.04 Å². The van der Waals surface area contributed by atoms with Gasteiger partial charge in [-0.15, -0.1) is 13.2 Å². The average Bonchev–Trinajstić information content (AvgIpc) is 2.78. The molecule has 0 aromatic rings. The van der Waals surface area contributed by atoms with Crippen LogP contribution in [-0.4, -0.2) is 49.6 Å². The third-order valence-corrected chi connectivity index (χ3v) is 3.02. The second kappa shape index (κ2) is 8.84. The molecule has 110 valence electrons. The Hall–Kier alpha value is -1.18. The second-order valence-electron chi connectivity index (χ2n) is 4.01. The Bertz CT molecular complexity index is 429.